The predicted molar refractivity (Wildman–Crippen MR) is 202 cm³/mol. The molecule has 0 fully saturated rings. The Morgan fingerprint density at radius 2 is 1.22 bits per heavy atom. The van der Waals surface area contributed by atoms with Crippen molar-refractivity contribution >= 4 is 66.2 Å². The minimum atomic E-state index is -0.236. The van der Waals surface area contributed by atoms with Gasteiger partial charge in [0.2, 0.25) is 0 Å². The Bertz CT molecular complexity index is 2680. The molecule has 1 atom stereocenters. The van der Waals surface area contributed by atoms with Gasteiger partial charge in [-0.2, -0.15) is 0 Å². The molecule has 0 saturated heterocycles. The van der Waals surface area contributed by atoms with E-state index in [1.54, 1.807) is 0 Å². The Balaban J connectivity index is 1.16. The highest BCUT2D eigenvalue weighted by Gasteiger charge is 2.27. The van der Waals surface area contributed by atoms with Crippen LogP contribution in [-0.4, -0.2) is 0 Å². The molecule has 4 heteroatoms. The fourth-order valence-corrected chi connectivity index (χ4v) is 7.46. The van der Waals surface area contributed by atoms with Gasteiger partial charge in [0, 0.05) is 38.5 Å². The second kappa shape index (κ2) is 11.0. The van der Waals surface area contributed by atoms with E-state index in [0.717, 1.165) is 88.7 Å². The zero-order valence-corrected chi connectivity index (χ0v) is 26.5. The van der Waals surface area contributed by atoms with E-state index in [9.17, 15) is 0 Å². The fraction of sp³-hybridized carbons (Fsp3) is 0.0222. The van der Waals surface area contributed by atoms with E-state index in [2.05, 4.69) is 150 Å². The second-order valence-corrected chi connectivity index (χ2v) is 12.5. The summed E-state index contributed by atoms with van der Waals surface area (Å²) in [5.41, 5.74) is 9.42. The molecule has 1 N–H and O–H groups in total. The van der Waals surface area contributed by atoms with E-state index in [4.69, 9.17) is 9.15 Å². The highest BCUT2D eigenvalue weighted by molar-refractivity contribution is 6.17. The summed E-state index contributed by atoms with van der Waals surface area (Å²) in [5, 5.41) is 10.4. The first kappa shape index (κ1) is 27.6. The van der Waals surface area contributed by atoms with E-state index in [-0.39, 0.29) is 6.23 Å². The molecule has 9 aromatic rings. The quantitative estimate of drug-likeness (QED) is 0.192. The lowest BCUT2D eigenvalue weighted by molar-refractivity contribution is 0.263. The van der Waals surface area contributed by atoms with E-state index < -0.39 is 0 Å². The molecular weight excluding hydrogens is 601 g/mol. The number of fused-ring (bicyclic) bond motifs is 8. The molecule has 10 rings (SSSR count). The molecule has 49 heavy (non-hydrogen) atoms. The molecule has 0 bridgehead atoms. The van der Waals surface area contributed by atoms with Crippen molar-refractivity contribution in [3.05, 3.63) is 175 Å². The molecule has 0 radical (unpaired) electrons. The summed E-state index contributed by atoms with van der Waals surface area (Å²) in [5.74, 6) is 0.891. The zero-order valence-electron chi connectivity index (χ0n) is 26.5. The lowest BCUT2D eigenvalue weighted by Gasteiger charge is -2.27. The number of para-hydroxylation sites is 2. The number of benzene rings is 8. The smallest absolute Gasteiger partial charge is 0.196 e. The number of ether oxygens (including phenoxy) is 1. The maximum absolute atomic E-state index is 6.68. The number of nitrogens with zero attached hydrogens (tertiary/aromatic N) is 1. The molecule has 0 saturated carbocycles. The van der Waals surface area contributed by atoms with Crippen LogP contribution in [0.5, 0.6) is 5.75 Å². The summed E-state index contributed by atoms with van der Waals surface area (Å²) in [4.78, 5) is 2.36. The molecule has 8 aromatic carbocycles. The van der Waals surface area contributed by atoms with Gasteiger partial charge in [-0.05, 0) is 70.4 Å². The summed E-state index contributed by atoms with van der Waals surface area (Å²) in [7, 11) is 0. The van der Waals surface area contributed by atoms with Crippen molar-refractivity contribution in [1.82, 2.24) is 0 Å². The van der Waals surface area contributed by atoms with Gasteiger partial charge < -0.3 is 19.4 Å². The number of hydrogen-bond donors (Lipinski definition) is 1. The van der Waals surface area contributed by atoms with Crippen LogP contribution in [0.4, 0.5) is 22.7 Å². The van der Waals surface area contributed by atoms with E-state index in [0.29, 0.717) is 0 Å². The lowest BCUT2D eigenvalue weighted by Crippen LogP contribution is -2.10. The van der Waals surface area contributed by atoms with Crippen LogP contribution < -0.4 is 15.0 Å². The van der Waals surface area contributed by atoms with Gasteiger partial charge in [0.05, 0.1) is 11.4 Å². The molecule has 1 unspecified atom stereocenters. The first-order valence-electron chi connectivity index (χ1n) is 16.6. The molecule has 0 spiro atoms. The van der Waals surface area contributed by atoms with Crippen LogP contribution in [0.25, 0.3) is 54.6 Å². The summed E-state index contributed by atoms with van der Waals surface area (Å²) in [6.07, 6.45) is -0.236. The monoisotopic (exact) mass is 630 g/mol. The third-order valence-electron chi connectivity index (χ3n) is 9.67. The van der Waals surface area contributed by atoms with Gasteiger partial charge >= 0.3 is 0 Å². The first-order valence-corrected chi connectivity index (χ1v) is 16.6. The summed E-state index contributed by atoms with van der Waals surface area (Å²) in [6, 6.07) is 59.7. The Hall–Kier alpha value is -6.52. The molecule has 2 heterocycles. The van der Waals surface area contributed by atoms with Crippen molar-refractivity contribution in [3.63, 3.8) is 0 Å². The number of furan rings is 1. The SMILES string of the molecule is c1ccc(C2Nc3ccc4ccc5c(N(c6ccccc6)c6cccc(-c7cccc8oc9ccccc9c78)c6)cccc5c4c3O2)cc1. The van der Waals surface area contributed by atoms with Crippen LogP contribution in [0.15, 0.2) is 174 Å². The van der Waals surface area contributed by atoms with Gasteiger partial charge in [-0.15, -0.1) is 0 Å². The van der Waals surface area contributed by atoms with Crippen molar-refractivity contribution < 1.29 is 9.15 Å². The molecule has 1 aromatic heterocycles. The third kappa shape index (κ3) is 4.45. The van der Waals surface area contributed by atoms with E-state index in [1.807, 2.05) is 30.3 Å². The Morgan fingerprint density at radius 3 is 2.12 bits per heavy atom. The molecule has 1 aliphatic heterocycles. The molecular formula is C45H30N2O2. The summed E-state index contributed by atoms with van der Waals surface area (Å²) < 4.78 is 12.9. The number of rotatable bonds is 5. The fourth-order valence-electron chi connectivity index (χ4n) is 7.46. The van der Waals surface area contributed by atoms with Crippen molar-refractivity contribution in [3.8, 4) is 16.9 Å². The standard InChI is InChI=1S/C45H30N2O2/c1-3-12-30(13-4-1)45-46-38-27-25-29-24-26-35-36(42(29)44(38)49-45)20-10-21-39(35)47(32-15-5-2-6-16-32)33-17-9-14-31(28-33)34-19-11-23-41-43(34)37-18-7-8-22-40(37)48-41/h1-28,45-46H. The van der Waals surface area contributed by atoms with Gasteiger partial charge in [-0.3, -0.25) is 0 Å². The average molecular weight is 631 g/mol. The highest BCUT2D eigenvalue weighted by Crippen LogP contribution is 2.48. The minimum absolute atomic E-state index is 0.236. The van der Waals surface area contributed by atoms with Crippen molar-refractivity contribution in [2.24, 2.45) is 0 Å². The average Bonchev–Trinajstić information content (AvgIpc) is 3.78. The Labute approximate surface area is 283 Å². The van der Waals surface area contributed by atoms with E-state index in [1.165, 1.54) is 0 Å². The second-order valence-electron chi connectivity index (χ2n) is 12.5. The van der Waals surface area contributed by atoms with Gasteiger partial charge in [-0.1, -0.05) is 121 Å². The number of anilines is 4. The normalized spacial score (nSPS) is 13.8. The van der Waals surface area contributed by atoms with Gasteiger partial charge in [0.1, 0.15) is 11.2 Å². The third-order valence-corrected chi connectivity index (χ3v) is 9.67. The van der Waals surface area contributed by atoms with E-state index >= 15 is 0 Å². The zero-order chi connectivity index (χ0) is 32.3. The van der Waals surface area contributed by atoms with Crippen LogP contribution in [0.2, 0.25) is 0 Å². The molecule has 1 aliphatic rings. The van der Waals surface area contributed by atoms with Gasteiger partial charge in [-0.25, -0.2) is 0 Å². The summed E-state index contributed by atoms with van der Waals surface area (Å²) >= 11 is 0. The van der Waals surface area contributed by atoms with Crippen LogP contribution >= 0.6 is 0 Å². The maximum Gasteiger partial charge on any atom is 0.196 e. The Kier molecular flexibility index (Phi) is 6.21. The highest BCUT2D eigenvalue weighted by atomic mass is 16.5. The predicted octanol–water partition coefficient (Wildman–Crippen LogP) is 12.5. The van der Waals surface area contributed by atoms with Crippen molar-refractivity contribution in [2.75, 3.05) is 10.2 Å². The minimum Gasteiger partial charge on any atom is -0.464 e. The Morgan fingerprint density at radius 1 is 0.510 bits per heavy atom. The van der Waals surface area contributed by atoms with Gasteiger partial charge in [0.25, 0.3) is 0 Å². The van der Waals surface area contributed by atoms with Crippen LogP contribution in [0, 0.1) is 0 Å². The number of hydrogen-bond acceptors (Lipinski definition) is 4. The van der Waals surface area contributed by atoms with Crippen LogP contribution in [-0.2, 0) is 0 Å². The molecule has 0 amide bonds. The van der Waals surface area contributed by atoms with Gasteiger partial charge in [0.15, 0.2) is 12.0 Å². The van der Waals surface area contributed by atoms with Crippen molar-refractivity contribution in [1.29, 1.82) is 0 Å². The largest absolute Gasteiger partial charge is 0.464 e. The molecule has 0 aliphatic carbocycles. The summed E-state index contributed by atoms with van der Waals surface area (Å²) in [6.45, 7) is 0. The maximum atomic E-state index is 6.68. The number of nitrogens with one attached hydrogen (secondary N) is 1. The topological polar surface area (TPSA) is 37.6 Å². The first-order chi connectivity index (χ1) is 24.3. The van der Waals surface area contributed by atoms with Crippen LogP contribution in [0.3, 0.4) is 0 Å². The molecule has 4 nitrogen and oxygen atoms in total. The lowest BCUT2D eigenvalue weighted by atomic mass is 9.97. The molecule has 232 valence electrons. The van der Waals surface area contributed by atoms with Crippen LogP contribution in [0.1, 0.15) is 11.8 Å². The van der Waals surface area contributed by atoms with Crippen molar-refractivity contribution in [2.45, 2.75) is 6.23 Å².